The highest BCUT2D eigenvalue weighted by Gasteiger charge is 2.21. The van der Waals surface area contributed by atoms with E-state index in [1.807, 2.05) is 20.8 Å². The van der Waals surface area contributed by atoms with E-state index in [-0.39, 0.29) is 16.9 Å². The van der Waals surface area contributed by atoms with Crippen molar-refractivity contribution in [3.05, 3.63) is 50.8 Å². The van der Waals surface area contributed by atoms with Gasteiger partial charge in [-0.2, -0.15) is 5.10 Å². The summed E-state index contributed by atoms with van der Waals surface area (Å²) < 4.78 is 1.47. The van der Waals surface area contributed by atoms with E-state index in [1.54, 1.807) is 0 Å². The summed E-state index contributed by atoms with van der Waals surface area (Å²) in [5, 5.41) is 24.3. The molecular formula is C13H13N3O4. The zero-order valence-corrected chi connectivity index (χ0v) is 11.2. The molecule has 0 aliphatic carbocycles. The highest BCUT2D eigenvalue weighted by molar-refractivity contribution is 5.89. The number of hydrogen-bond acceptors (Lipinski definition) is 4. The molecule has 0 saturated carbocycles. The van der Waals surface area contributed by atoms with E-state index in [9.17, 15) is 14.9 Å². The maximum atomic E-state index is 11.1. The summed E-state index contributed by atoms with van der Waals surface area (Å²) in [6, 6.07) is 3.78. The number of carboxylic acid groups (broad SMARTS) is 1. The molecule has 1 aromatic carbocycles. The minimum atomic E-state index is -1.20. The van der Waals surface area contributed by atoms with Crippen LogP contribution in [-0.4, -0.2) is 25.8 Å². The molecule has 2 aromatic rings. The number of rotatable bonds is 3. The second kappa shape index (κ2) is 4.76. The average molecular weight is 275 g/mol. The van der Waals surface area contributed by atoms with E-state index in [4.69, 9.17) is 5.11 Å². The molecule has 1 heterocycles. The predicted octanol–water partition coefficient (Wildman–Crippen LogP) is 2.40. The number of benzene rings is 1. The molecule has 7 nitrogen and oxygen atoms in total. The molecule has 20 heavy (non-hydrogen) atoms. The first kappa shape index (κ1) is 13.7. The number of carboxylic acids is 1. The van der Waals surface area contributed by atoms with E-state index >= 15 is 0 Å². The van der Waals surface area contributed by atoms with Crippen LogP contribution in [0.15, 0.2) is 18.2 Å². The first-order valence-electron chi connectivity index (χ1n) is 5.88. The first-order valence-corrected chi connectivity index (χ1v) is 5.88. The van der Waals surface area contributed by atoms with Crippen molar-refractivity contribution in [2.75, 3.05) is 0 Å². The lowest BCUT2D eigenvalue weighted by Crippen LogP contribution is -2.06. The molecule has 7 heteroatoms. The fourth-order valence-electron chi connectivity index (χ4n) is 1.94. The first-order chi connectivity index (χ1) is 9.32. The fourth-order valence-corrected chi connectivity index (χ4v) is 1.94. The Morgan fingerprint density at radius 3 is 2.45 bits per heavy atom. The van der Waals surface area contributed by atoms with Crippen molar-refractivity contribution in [3.8, 4) is 5.69 Å². The van der Waals surface area contributed by atoms with Gasteiger partial charge in [-0.05, 0) is 38.5 Å². The van der Waals surface area contributed by atoms with Crippen LogP contribution in [0.3, 0.4) is 0 Å². The average Bonchev–Trinajstić information content (AvgIpc) is 2.65. The number of carbonyl (C=O) groups is 1. The lowest BCUT2D eigenvalue weighted by Gasteiger charge is -2.06. The third-order valence-corrected chi connectivity index (χ3v) is 3.30. The van der Waals surface area contributed by atoms with Crippen molar-refractivity contribution in [2.45, 2.75) is 20.8 Å². The van der Waals surface area contributed by atoms with Gasteiger partial charge in [0.1, 0.15) is 5.69 Å². The number of nitrogens with zero attached hydrogens (tertiary/aromatic N) is 3. The zero-order valence-electron chi connectivity index (χ0n) is 11.2. The van der Waals surface area contributed by atoms with Crippen molar-refractivity contribution in [2.24, 2.45) is 0 Å². The highest BCUT2D eigenvalue weighted by atomic mass is 16.6. The Balaban J connectivity index is 2.70. The number of nitro benzene ring substituents is 1. The Morgan fingerprint density at radius 1 is 1.35 bits per heavy atom. The van der Waals surface area contributed by atoms with Crippen molar-refractivity contribution in [3.63, 3.8) is 0 Å². The van der Waals surface area contributed by atoms with Crippen LogP contribution in [0.2, 0.25) is 0 Å². The van der Waals surface area contributed by atoms with Crippen molar-refractivity contribution < 1.29 is 14.8 Å². The van der Waals surface area contributed by atoms with E-state index in [2.05, 4.69) is 5.10 Å². The quantitative estimate of drug-likeness (QED) is 0.685. The Kier molecular flexibility index (Phi) is 3.27. The molecule has 0 aliphatic rings. The summed E-state index contributed by atoms with van der Waals surface area (Å²) in [7, 11) is 0. The van der Waals surface area contributed by atoms with E-state index < -0.39 is 10.9 Å². The van der Waals surface area contributed by atoms with E-state index in [0.29, 0.717) is 0 Å². The third-order valence-electron chi connectivity index (χ3n) is 3.30. The fraction of sp³-hybridized carbons (Fsp3) is 0.231. The van der Waals surface area contributed by atoms with Gasteiger partial charge in [0, 0.05) is 11.8 Å². The molecule has 0 fully saturated rings. The summed E-state index contributed by atoms with van der Waals surface area (Å²) in [5.74, 6) is -1.20. The van der Waals surface area contributed by atoms with E-state index in [1.165, 1.54) is 16.8 Å². The SMILES string of the molecule is Cc1nn(-c2ccc(C(=O)O)cc2[N+](=O)[O-])c(C)c1C. The highest BCUT2D eigenvalue weighted by Crippen LogP contribution is 2.26. The van der Waals surface area contributed by atoms with E-state index in [0.717, 1.165) is 23.0 Å². The number of nitro groups is 1. The van der Waals surface area contributed by atoms with Crippen LogP contribution in [0.4, 0.5) is 5.69 Å². The maximum Gasteiger partial charge on any atom is 0.335 e. The van der Waals surface area contributed by atoms with Gasteiger partial charge in [0.25, 0.3) is 5.69 Å². The molecule has 1 aromatic heterocycles. The van der Waals surface area contributed by atoms with Gasteiger partial charge in [0.2, 0.25) is 0 Å². The molecule has 0 bridgehead atoms. The number of aryl methyl sites for hydroxylation is 1. The van der Waals surface area contributed by atoms with Crippen LogP contribution in [0.1, 0.15) is 27.3 Å². The molecule has 0 atom stereocenters. The molecule has 2 rings (SSSR count). The summed E-state index contributed by atoms with van der Waals surface area (Å²) >= 11 is 0. The predicted molar refractivity (Wildman–Crippen MR) is 71.4 cm³/mol. The molecular weight excluding hydrogens is 262 g/mol. The van der Waals surface area contributed by atoms with Crippen LogP contribution >= 0.6 is 0 Å². The van der Waals surface area contributed by atoms with Gasteiger partial charge < -0.3 is 5.11 Å². The molecule has 0 radical (unpaired) electrons. The summed E-state index contributed by atoms with van der Waals surface area (Å²) in [5.41, 5.74) is 2.36. The Morgan fingerprint density at radius 2 is 2.00 bits per heavy atom. The number of aromatic carboxylic acids is 1. The van der Waals surface area contributed by atoms with Crippen LogP contribution < -0.4 is 0 Å². The number of aromatic nitrogens is 2. The molecule has 0 spiro atoms. The van der Waals surface area contributed by atoms with Crippen molar-refractivity contribution in [1.82, 2.24) is 9.78 Å². The standard InChI is InChI=1S/C13H13N3O4/c1-7-8(2)14-15(9(7)3)11-5-4-10(13(17)18)6-12(11)16(19)20/h4-6H,1-3H3,(H,17,18). The van der Waals surface area contributed by atoms with Crippen LogP contribution in [0, 0.1) is 30.9 Å². The monoisotopic (exact) mass is 275 g/mol. The Labute approximate surface area is 114 Å². The number of hydrogen-bond donors (Lipinski definition) is 1. The van der Waals surface area contributed by atoms with Gasteiger partial charge >= 0.3 is 5.97 Å². The maximum absolute atomic E-state index is 11.1. The molecule has 104 valence electrons. The lowest BCUT2D eigenvalue weighted by molar-refractivity contribution is -0.384. The normalized spacial score (nSPS) is 10.6. The molecule has 0 aliphatic heterocycles. The lowest BCUT2D eigenvalue weighted by atomic mass is 10.1. The molecule has 0 saturated heterocycles. The van der Waals surface area contributed by atoms with Gasteiger partial charge in [-0.25, -0.2) is 9.48 Å². The minimum Gasteiger partial charge on any atom is -0.478 e. The second-order valence-electron chi connectivity index (χ2n) is 4.47. The van der Waals surface area contributed by atoms with Crippen LogP contribution in [-0.2, 0) is 0 Å². The third kappa shape index (κ3) is 2.13. The minimum absolute atomic E-state index is 0.126. The second-order valence-corrected chi connectivity index (χ2v) is 4.47. The van der Waals surface area contributed by atoms with Gasteiger partial charge in [-0.1, -0.05) is 0 Å². The molecule has 0 amide bonds. The van der Waals surface area contributed by atoms with Crippen molar-refractivity contribution >= 4 is 11.7 Å². The van der Waals surface area contributed by atoms with Crippen LogP contribution in [0.25, 0.3) is 5.69 Å². The van der Waals surface area contributed by atoms with Gasteiger partial charge in [0.05, 0.1) is 16.2 Å². The topological polar surface area (TPSA) is 98.3 Å². The molecule has 1 N–H and O–H groups in total. The molecule has 0 unspecified atom stereocenters. The Bertz CT molecular complexity index is 719. The largest absolute Gasteiger partial charge is 0.478 e. The summed E-state index contributed by atoms with van der Waals surface area (Å²) in [6.45, 7) is 5.51. The summed E-state index contributed by atoms with van der Waals surface area (Å²) in [6.07, 6.45) is 0. The Hall–Kier alpha value is -2.70. The zero-order chi connectivity index (χ0) is 15.0. The summed E-state index contributed by atoms with van der Waals surface area (Å²) in [4.78, 5) is 21.4. The van der Waals surface area contributed by atoms with Gasteiger partial charge in [-0.15, -0.1) is 0 Å². The van der Waals surface area contributed by atoms with Gasteiger partial charge in [-0.3, -0.25) is 10.1 Å². The van der Waals surface area contributed by atoms with Gasteiger partial charge in [0.15, 0.2) is 0 Å². The smallest absolute Gasteiger partial charge is 0.335 e. The van der Waals surface area contributed by atoms with Crippen molar-refractivity contribution in [1.29, 1.82) is 0 Å². The van der Waals surface area contributed by atoms with Crippen LogP contribution in [0.5, 0.6) is 0 Å².